The quantitative estimate of drug-likeness (QED) is 0.242. The number of amides is 1. The van der Waals surface area contributed by atoms with Crippen molar-refractivity contribution in [2.24, 2.45) is 0 Å². The molecule has 0 spiro atoms. The van der Waals surface area contributed by atoms with Crippen molar-refractivity contribution in [2.75, 3.05) is 11.5 Å². The molecule has 0 aliphatic heterocycles. The Morgan fingerprint density at radius 1 is 0.923 bits per heavy atom. The number of thioether (sulfide) groups is 1. The van der Waals surface area contributed by atoms with Gasteiger partial charge >= 0.3 is 0 Å². The van der Waals surface area contributed by atoms with E-state index in [0.29, 0.717) is 12.8 Å². The molecular formula is C22H37NO2S. The van der Waals surface area contributed by atoms with E-state index in [9.17, 15) is 9.59 Å². The number of nitrogens with one attached hydrogen (secondary N) is 1. The first kappa shape index (κ1) is 24.7. The number of carbonyl (C=O) groups excluding carboxylic acids is 2. The molecule has 0 aromatic rings. The number of rotatable bonds is 14. The maximum absolute atomic E-state index is 11.5. The second kappa shape index (κ2) is 15.9. The van der Waals surface area contributed by atoms with Gasteiger partial charge in [-0.15, -0.1) is 0 Å². The molecule has 148 valence electrons. The van der Waals surface area contributed by atoms with E-state index in [4.69, 9.17) is 0 Å². The van der Waals surface area contributed by atoms with Gasteiger partial charge in [0.2, 0.25) is 5.91 Å². The highest BCUT2D eigenvalue weighted by Crippen LogP contribution is 2.13. The number of allylic oxidation sites excluding steroid dienone is 5. The maximum Gasteiger partial charge on any atom is 0.220 e. The minimum atomic E-state index is -0.0383. The summed E-state index contributed by atoms with van der Waals surface area (Å²) in [5.41, 5.74) is 4.29. The van der Waals surface area contributed by atoms with Crippen LogP contribution in [-0.2, 0) is 9.59 Å². The van der Waals surface area contributed by atoms with Crippen molar-refractivity contribution in [3.05, 3.63) is 34.9 Å². The fourth-order valence-corrected chi connectivity index (χ4v) is 3.34. The summed E-state index contributed by atoms with van der Waals surface area (Å²) in [5, 5.41) is 2.92. The SMILES string of the molecule is CC(C)=CCC/C(C)=C/CC/C(C)=C/CSCC(C)NC(=O)CCC=O. The van der Waals surface area contributed by atoms with E-state index < -0.39 is 0 Å². The lowest BCUT2D eigenvalue weighted by Crippen LogP contribution is -2.34. The summed E-state index contributed by atoms with van der Waals surface area (Å²) in [7, 11) is 0. The fraction of sp³-hybridized carbons (Fsp3) is 0.636. The first-order valence-corrected chi connectivity index (χ1v) is 10.8. The van der Waals surface area contributed by atoms with Gasteiger partial charge in [-0.3, -0.25) is 4.79 Å². The first-order chi connectivity index (χ1) is 12.3. The van der Waals surface area contributed by atoms with Crippen molar-refractivity contribution in [1.82, 2.24) is 5.32 Å². The standard InChI is InChI=1S/C22H37NO2S/c1-18(2)9-6-10-19(3)11-7-12-20(4)14-16-26-17-21(5)23-22(25)13-8-15-24/h9,11,14-15,21H,6-8,10,12-13,16-17H2,1-5H3,(H,23,25)/b19-11+,20-14+. The Morgan fingerprint density at radius 2 is 1.54 bits per heavy atom. The zero-order valence-corrected chi connectivity index (χ0v) is 18.1. The lowest BCUT2D eigenvalue weighted by Gasteiger charge is -2.12. The normalized spacial score (nSPS) is 13.3. The second-order valence-corrected chi connectivity index (χ2v) is 8.25. The molecule has 0 aliphatic rings. The summed E-state index contributed by atoms with van der Waals surface area (Å²) >= 11 is 1.83. The highest BCUT2D eigenvalue weighted by molar-refractivity contribution is 7.99. The number of aldehydes is 1. The molecule has 26 heavy (non-hydrogen) atoms. The Balaban J connectivity index is 3.88. The molecule has 0 rings (SSSR count). The van der Waals surface area contributed by atoms with Gasteiger partial charge in [0.15, 0.2) is 0 Å². The van der Waals surface area contributed by atoms with Crippen molar-refractivity contribution in [2.45, 2.75) is 79.2 Å². The van der Waals surface area contributed by atoms with Gasteiger partial charge in [-0.25, -0.2) is 0 Å². The maximum atomic E-state index is 11.5. The second-order valence-electron chi connectivity index (χ2n) is 7.17. The Labute approximate surface area is 164 Å². The van der Waals surface area contributed by atoms with Crippen LogP contribution in [0.1, 0.15) is 73.1 Å². The summed E-state index contributed by atoms with van der Waals surface area (Å²) in [5.74, 6) is 1.83. The summed E-state index contributed by atoms with van der Waals surface area (Å²) in [6, 6.07) is 0.138. The molecule has 1 amide bonds. The molecule has 3 nitrogen and oxygen atoms in total. The Bertz CT molecular complexity index is 502. The zero-order chi connectivity index (χ0) is 19.8. The van der Waals surface area contributed by atoms with E-state index in [2.05, 4.69) is 51.2 Å². The molecule has 0 aliphatic carbocycles. The van der Waals surface area contributed by atoms with Crippen LogP contribution in [0.5, 0.6) is 0 Å². The van der Waals surface area contributed by atoms with E-state index in [-0.39, 0.29) is 11.9 Å². The Kier molecular flexibility index (Phi) is 15.1. The smallest absolute Gasteiger partial charge is 0.220 e. The van der Waals surface area contributed by atoms with E-state index in [0.717, 1.165) is 43.5 Å². The van der Waals surface area contributed by atoms with Gasteiger partial charge in [0.05, 0.1) is 0 Å². The fourth-order valence-electron chi connectivity index (χ4n) is 2.36. The molecule has 0 radical (unpaired) electrons. The molecule has 4 heteroatoms. The van der Waals surface area contributed by atoms with Crippen LogP contribution in [0.25, 0.3) is 0 Å². The van der Waals surface area contributed by atoms with Gasteiger partial charge in [0, 0.05) is 30.4 Å². The first-order valence-electron chi connectivity index (χ1n) is 9.60. The average Bonchev–Trinajstić information content (AvgIpc) is 2.56. The molecular weight excluding hydrogens is 342 g/mol. The van der Waals surface area contributed by atoms with Crippen molar-refractivity contribution >= 4 is 24.0 Å². The minimum absolute atomic E-state index is 0.0383. The Hall–Kier alpha value is -1.29. The minimum Gasteiger partial charge on any atom is -0.353 e. The van der Waals surface area contributed by atoms with Crippen molar-refractivity contribution in [3.63, 3.8) is 0 Å². The summed E-state index contributed by atoms with van der Waals surface area (Å²) in [4.78, 5) is 21.8. The van der Waals surface area contributed by atoms with Crippen LogP contribution < -0.4 is 5.32 Å². The van der Waals surface area contributed by atoms with E-state index in [1.165, 1.54) is 16.7 Å². The molecule has 0 heterocycles. The monoisotopic (exact) mass is 379 g/mol. The van der Waals surface area contributed by atoms with Crippen LogP contribution in [0.3, 0.4) is 0 Å². The third-order valence-electron chi connectivity index (χ3n) is 3.94. The predicted octanol–water partition coefficient (Wildman–Crippen LogP) is 5.62. The highest BCUT2D eigenvalue weighted by atomic mass is 32.2. The Morgan fingerprint density at radius 3 is 2.15 bits per heavy atom. The number of hydrogen-bond acceptors (Lipinski definition) is 3. The molecule has 0 saturated heterocycles. The van der Waals surface area contributed by atoms with Gasteiger partial charge in [-0.2, -0.15) is 11.8 Å². The molecule has 1 N–H and O–H groups in total. The van der Waals surface area contributed by atoms with Gasteiger partial charge < -0.3 is 10.1 Å². The van der Waals surface area contributed by atoms with Crippen LogP contribution in [0.2, 0.25) is 0 Å². The van der Waals surface area contributed by atoms with Crippen molar-refractivity contribution in [1.29, 1.82) is 0 Å². The van der Waals surface area contributed by atoms with E-state index >= 15 is 0 Å². The van der Waals surface area contributed by atoms with Crippen molar-refractivity contribution in [3.8, 4) is 0 Å². The molecule has 0 saturated carbocycles. The van der Waals surface area contributed by atoms with Crippen LogP contribution in [0.4, 0.5) is 0 Å². The zero-order valence-electron chi connectivity index (χ0n) is 17.3. The van der Waals surface area contributed by atoms with Crippen LogP contribution >= 0.6 is 11.8 Å². The van der Waals surface area contributed by atoms with Gasteiger partial charge in [0.1, 0.15) is 6.29 Å². The van der Waals surface area contributed by atoms with Crippen LogP contribution in [0.15, 0.2) is 34.9 Å². The van der Waals surface area contributed by atoms with Crippen molar-refractivity contribution < 1.29 is 9.59 Å². The van der Waals surface area contributed by atoms with E-state index in [1.807, 2.05) is 18.7 Å². The molecule has 1 unspecified atom stereocenters. The molecule has 0 aromatic carbocycles. The van der Waals surface area contributed by atoms with Crippen LogP contribution in [0, 0.1) is 0 Å². The van der Waals surface area contributed by atoms with Gasteiger partial charge in [-0.05, 0) is 60.3 Å². The highest BCUT2D eigenvalue weighted by Gasteiger charge is 2.06. The van der Waals surface area contributed by atoms with Gasteiger partial charge in [0.25, 0.3) is 0 Å². The lowest BCUT2D eigenvalue weighted by molar-refractivity contribution is -0.123. The van der Waals surface area contributed by atoms with E-state index in [1.54, 1.807) is 0 Å². The average molecular weight is 380 g/mol. The summed E-state index contributed by atoms with van der Waals surface area (Å²) < 4.78 is 0. The molecule has 1 atom stereocenters. The van der Waals surface area contributed by atoms with Crippen LogP contribution in [-0.4, -0.2) is 29.7 Å². The largest absolute Gasteiger partial charge is 0.353 e. The molecule has 0 aromatic heterocycles. The molecule has 0 fully saturated rings. The lowest BCUT2D eigenvalue weighted by atomic mass is 10.1. The van der Waals surface area contributed by atoms with Gasteiger partial charge in [-0.1, -0.05) is 34.9 Å². The summed E-state index contributed by atoms with van der Waals surface area (Å²) in [6.07, 6.45) is 12.8. The molecule has 0 bridgehead atoms. The topological polar surface area (TPSA) is 46.2 Å². The number of carbonyl (C=O) groups is 2. The third kappa shape index (κ3) is 16.2. The predicted molar refractivity (Wildman–Crippen MR) is 116 cm³/mol. The number of hydrogen-bond donors (Lipinski definition) is 1. The summed E-state index contributed by atoms with van der Waals surface area (Å²) in [6.45, 7) is 10.7. The third-order valence-corrected chi connectivity index (χ3v) is 5.07.